The average Bonchev–Trinajstić information content (AvgIpc) is 2.58. The fourth-order valence-corrected chi connectivity index (χ4v) is 1.71. The van der Waals surface area contributed by atoms with Gasteiger partial charge in [-0.1, -0.05) is 6.92 Å². The molecule has 1 rings (SSSR count). The molecule has 1 heterocycles. The smallest absolute Gasteiger partial charge is 0.223 e. The Balaban J connectivity index is 2.48. The summed E-state index contributed by atoms with van der Waals surface area (Å²) in [6.45, 7) is 5.83. The quantitative estimate of drug-likeness (QED) is 0.684. The predicted octanol–water partition coefficient (Wildman–Crippen LogP) is 0.954. The first-order valence-electron chi connectivity index (χ1n) is 4.82. The van der Waals surface area contributed by atoms with Crippen LogP contribution in [-0.2, 0) is 4.79 Å². The summed E-state index contributed by atoms with van der Waals surface area (Å²) >= 11 is 0. The van der Waals surface area contributed by atoms with Crippen LogP contribution in [0.4, 0.5) is 0 Å². The number of nitrogens with zero attached hydrogens (tertiary/aromatic N) is 1. The Morgan fingerprint density at radius 2 is 2.33 bits per heavy atom. The molecular formula is C9H18N2O. The normalized spacial score (nSPS) is 22.7. The maximum absolute atomic E-state index is 11.4. The van der Waals surface area contributed by atoms with E-state index in [0.717, 1.165) is 19.5 Å². The van der Waals surface area contributed by atoms with Crippen molar-refractivity contribution in [1.29, 1.82) is 0 Å². The number of rotatable bonds is 3. The molecule has 1 aliphatic rings. The summed E-state index contributed by atoms with van der Waals surface area (Å²) in [5.41, 5.74) is 0. The molecule has 1 unspecified atom stereocenters. The van der Waals surface area contributed by atoms with Crippen molar-refractivity contribution < 1.29 is 4.79 Å². The van der Waals surface area contributed by atoms with Crippen molar-refractivity contribution in [3.8, 4) is 0 Å². The first-order valence-corrected chi connectivity index (χ1v) is 4.82. The molecule has 1 amide bonds. The van der Waals surface area contributed by atoms with Crippen molar-refractivity contribution in [1.82, 2.24) is 10.2 Å². The second kappa shape index (κ2) is 4.45. The van der Waals surface area contributed by atoms with Gasteiger partial charge in [-0.2, -0.15) is 0 Å². The Morgan fingerprint density at radius 1 is 1.58 bits per heavy atom. The van der Waals surface area contributed by atoms with Crippen LogP contribution in [0.25, 0.3) is 0 Å². The lowest BCUT2D eigenvalue weighted by molar-refractivity contribution is -0.133. The van der Waals surface area contributed by atoms with Crippen LogP contribution in [0.15, 0.2) is 0 Å². The van der Waals surface area contributed by atoms with Gasteiger partial charge >= 0.3 is 0 Å². The van der Waals surface area contributed by atoms with Crippen LogP contribution < -0.4 is 5.32 Å². The summed E-state index contributed by atoms with van der Waals surface area (Å²) in [6, 6.07) is 0. The van der Waals surface area contributed by atoms with Crippen LogP contribution >= 0.6 is 0 Å². The van der Waals surface area contributed by atoms with Crippen molar-refractivity contribution in [3.63, 3.8) is 0 Å². The monoisotopic (exact) mass is 170 g/mol. The number of hydrogen-bond donors (Lipinski definition) is 1. The van der Waals surface area contributed by atoms with E-state index >= 15 is 0 Å². The maximum Gasteiger partial charge on any atom is 0.223 e. The molecule has 0 aromatic heterocycles. The predicted molar refractivity (Wildman–Crippen MR) is 48.7 cm³/mol. The molecule has 0 aromatic carbocycles. The standard InChI is InChI=1S/C9H18N2O/c1-3-9(12)11(4-2)8-6-5-7-10-8/h8,10H,3-7H2,1-2H3. The minimum Gasteiger partial charge on any atom is -0.327 e. The molecule has 0 radical (unpaired) electrons. The summed E-state index contributed by atoms with van der Waals surface area (Å²) in [7, 11) is 0. The van der Waals surface area contributed by atoms with E-state index in [-0.39, 0.29) is 5.91 Å². The summed E-state index contributed by atoms with van der Waals surface area (Å²) < 4.78 is 0. The largest absolute Gasteiger partial charge is 0.327 e. The molecule has 70 valence electrons. The molecule has 1 N–H and O–H groups in total. The van der Waals surface area contributed by atoms with Gasteiger partial charge in [0.25, 0.3) is 0 Å². The van der Waals surface area contributed by atoms with E-state index in [2.05, 4.69) is 5.32 Å². The Hall–Kier alpha value is -0.570. The minimum absolute atomic E-state index is 0.261. The van der Waals surface area contributed by atoms with Gasteiger partial charge in [0.1, 0.15) is 0 Å². The number of hydrogen-bond acceptors (Lipinski definition) is 2. The van der Waals surface area contributed by atoms with E-state index in [1.165, 1.54) is 6.42 Å². The van der Waals surface area contributed by atoms with Gasteiger partial charge < -0.3 is 4.90 Å². The summed E-state index contributed by atoms with van der Waals surface area (Å²) in [5.74, 6) is 0.261. The van der Waals surface area contributed by atoms with Gasteiger partial charge in [0, 0.05) is 13.0 Å². The van der Waals surface area contributed by atoms with E-state index in [4.69, 9.17) is 0 Å². The van der Waals surface area contributed by atoms with Gasteiger partial charge in [0.05, 0.1) is 6.17 Å². The number of nitrogens with one attached hydrogen (secondary N) is 1. The van der Waals surface area contributed by atoms with Crippen molar-refractivity contribution in [2.75, 3.05) is 13.1 Å². The highest BCUT2D eigenvalue weighted by Crippen LogP contribution is 2.11. The lowest BCUT2D eigenvalue weighted by atomic mass is 10.3. The first-order chi connectivity index (χ1) is 5.79. The van der Waals surface area contributed by atoms with Crippen molar-refractivity contribution in [2.45, 2.75) is 39.3 Å². The van der Waals surface area contributed by atoms with E-state index in [1.807, 2.05) is 18.7 Å². The van der Waals surface area contributed by atoms with Gasteiger partial charge in [0.15, 0.2) is 0 Å². The molecule has 0 aromatic rings. The van der Waals surface area contributed by atoms with Crippen LogP contribution in [0.2, 0.25) is 0 Å². The number of carbonyl (C=O) groups is 1. The van der Waals surface area contributed by atoms with E-state index in [0.29, 0.717) is 12.6 Å². The van der Waals surface area contributed by atoms with Crippen molar-refractivity contribution in [3.05, 3.63) is 0 Å². The van der Waals surface area contributed by atoms with Gasteiger partial charge in [-0.15, -0.1) is 0 Å². The fourth-order valence-electron chi connectivity index (χ4n) is 1.71. The minimum atomic E-state index is 0.261. The zero-order chi connectivity index (χ0) is 8.97. The summed E-state index contributed by atoms with van der Waals surface area (Å²) in [5, 5.41) is 3.33. The molecule has 1 atom stereocenters. The lowest BCUT2D eigenvalue weighted by Gasteiger charge is -2.27. The third-order valence-corrected chi connectivity index (χ3v) is 2.37. The highest BCUT2D eigenvalue weighted by molar-refractivity contribution is 5.76. The molecule has 1 fully saturated rings. The third-order valence-electron chi connectivity index (χ3n) is 2.37. The molecule has 0 spiro atoms. The molecule has 3 nitrogen and oxygen atoms in total. The average molecular weight is 170 g/mol. The topological polar surface area (TPSA) is 32.3 Å². The Bertz CT molecular complexity index is 153. The van der Waals surface area contributed by atoms with Gasteiger partial charge in [-0.05, 0) is 26.3 Å². The number of amides is 1. The molecule has 1 saturated heterocycles. The molecule has 12 heavy (non-hydrogen) atoms. The lowest BCUT2D eigenvalue weighted by Crippen LogP contribution is -2.45. The summed E-state index contributed by atoms with van der Waals surface area (Å²) in [4.78, 5) is 13.4. The van der Waals surface area contributed by atoms with Gasteiger partial charge in [0.2, 0.25) is 5.91 Å². The van der Waals surface area contributed by atoms with Crippen LogP contribution in [0, 0.1) is 0 Å². The SMILES string of the molecule is CCC(=O)N(CC)C1CCCN1. The van der Waals surface area contributed by atoms with Gasteiger partial charge in [-0.3, -0.25) is 10.1 Å². The zero-order valence-electron chi connectivity index (χ0n) is 7.97. The van der Waals surface area contributed by atoms with E-state index in [9.17, 15) is 4.79 Å². The molecule has 1 aliphatic heterocycles. The maximum atomic E-state index is 11.4. The Labute approximate surface area is 74.1 Å². The van der Waals surface area contributed by atoms with Gasteiger partial charge in [-0.25, -0.2) is 0 Å². The second-order valence-electron chi connectivity index (χ2n) is 3.15. The molecular weight excluding hydrogens is 152 g/mol. The molecule has 3 heteroatoms. The Morgan fingerprint density at radius 3 is 2.75 bits per heavy atom. The van der Waals surface area contributed by atoms with Crippen molar-refractivity contribution in [2.24, 2.45) is 0 Å². The van der Waals surface area contributed by atoms with Crippen LogP contribution in [0.1, 0.15) is 33.1 Å². The fraction of sp³-hybridized carbons (Fsp3) is 0.889. The van der Waals surface area contributed by atoms with E-state index in [1.54, 1.807) is 0 Å². The molecule has 0 saturated carbocycles. The highest BCUT2D eigenvalue weighted by atomic mass is 16.2. The number of carbonyl (C=O) groups excluding carboxylic acids is 1. The Kier molecular flexibility index (Phi) is 3.53. The first kappa shape index (κ1) is 9.52. The van der Waals surface area contributed by atoms with Crippen LogP contribution in [-0.4, -0.2) is 30.1 Å². The van der Waals surface area contributed by atoms with Crippen LogP contribution in [0.3, 0.4) is 0 Å². The van der Waals surface area contributed by atoms with Crippen molar-refractivity contribution >= 4 is 5.91 Å². The highest BCUT2D eigenvalue weighted by Gasteiger charge is 2.23. The van der Waals surface area contributed by atoms with E-state index < -0.39 is 0 Å². The second-order valence-corrected chi connectivity index (χ2v) is 3.15. The zero-order valence-corrected chi connectivity index (χ0v) is 7.97. The third kappa shape index (κ3) is 1.97. The van der Waals surface area contributed by atoms with Crippen LogP contribution in [0.5, 0.6) is 0 Å². The molecule has 0 aliphatic carbocycles. The summed E-state index contributed by atoms with van der Waals surface area (Å²) in [6.07, 6.45) is 3.23. The molecule has 0 bridgehead atoms.